The number of nitrogens with one attached hydrogen (secondary N) is 2. The van der Waals surface area contributed by atoms with Crippen molar-refractivity contribution in [1.82, 2.24) is 5.32 Å². The van der Waals surface area contributed by atoms with Gasteiger partial charge in [0.2, 0.25) is 0 Å². The number of amides is 2. The fraction of sp³-hybridized carbons (Fsp3) is 0.263. The molecule has 0 unspecified atom stereocenters. The van der Waals surface area contributed by atoms with Crippen LogP contribution in [-0.4, -0.2) is 24.6 Å². The summed E-state index contributed by atoms with van der Waals surface area (Å²) in [6.45, 7) is 3.60. The molecule has 27 heavy (non-hydrogen) atoms. The summed E-state index contributed by atoms with van der Waals surface area (Å²) in [5.74, 6) is -1.96. The highest BCUT2D eigenvalue weighted by Gasteiger charge is 2.38. The van der Waals surface area contributed by atoms with E-state index in [1.807, 2.05) is 26.0 Å². The average Bonchev–Trinajstić information content (AvgIpc) is 2.61. The minimum absolute atomic E-state index is 0.0183. The van der Waals surface area contributed by atoms with Gasteiger partial charge < -0.3 is 15.4 Å². The average molecular weight is 380 g/mol. The van der Waals surface area contributed by atoms with E-state index in [1.165, 1.54) is 18.2 Å². The summed E-state index contributed by atoms with van der Waals surface area (Å²) in [4.78, 5) is 23.0. The van der Waals surface area contributed by atoms with Crippen molar-refractivity contribution >= 4 is 17.5 Å². The van der Waals surface area contributed by atoms with Gasteiger partial charge in [-0.3, -0.25) is 9.59 Å². The van der Waals surface area contributed by atoms with E-state index in [-0.39, 0.29) is 18.8 Å². The van der Waals surface area contributed by atoms with Crippen molar-refractivity contribution in [1.29, 1.82) is 0 Å². The van der Waals surface area contributed by atoms with E-state index in [4.69, 9.17) is 4.74 Å². The minimum Gasteiger partial charge on any atom is -0.484 e. The van der Waals surface area contributed by atoms with E-state index in [2.05, 4.69) is 5.32 Å². The van der Waals surface area contributed by atoms with E-state index < -0.39 is 18.0 Å². The molecular formula is C19H19F3N2O3. The monoisotopic (exact) mass is 380 g/mol. The predicted molar refractivity (Wildman–Crippen MR) is 94.4 cm³/mol. The second-order valence-electron chi connectivity index (χ2n) is 5.92. The highest BCUT2D eigenvalue weighted by molar-refractivity contribution is 5.95. The molecule has 2 aromatic rings. The van der Waals surface area contributed by atoms with Gasteiger partial charge in [-0.2, -0.15) is 13.2 Å². The zero-order valence-corrected chi connectivity index (χ0v) is 14.8. The van der Waals surface area contributed by atoms with Crippen LogP contribution in [0.25, 0.3) is 0 Å². The van der Waals surface area contributed by atoms with Crippen molar-refractivity contribution in [3.63, 3.8) is 0 Å². The number of alkyl halides is 3. The van der Waals surface area contributed by atoms with E-state index in [1.54, 1.807) is 17.4 Å². The standard InChI is InChI=1S/C19H19F3N2O3/c1-12-7-8-15(9-13(12)2)27-11-17(25)23-10-14-5-3-4-6-16(14)24-18(26)19(20,21)22/h3-9H,10-11H2,1-2H3,(H,23,25)(H,24,26). The number of hydrogen-bond acceptors (Lipinski definition) is 3. The van der Waals surface area contributed by atoms with Crippen LogP contribution in [0.5, 0.6) is 5.75 Å². The summed E-state index contributed by atoms with van der Waals surface area (Å²) in [6, 6.07) is 11.4. The van der Waals surface area contributed by atoms with Crippen LogP contribution in [0.3, 0.4) is 0 Å². The largest absolute Gasteiger partial charge is 0.484 e. The van der Waals surface area contributed by atoms with Crippen LogP contribution in [0.15, 0.2) is 42.5 Å². The maximum Gasteiger partial charge on any atom is 0.471 e. The third-order valence-corrected chi connectivity index (χ3v) is 3.85. The van der Waals surface area contributed by atoms with Crippen LogP contribution in [0.4, 0.5) is 18.9 Å². The Labute approximate surface area is 154 Å². The van der Waals surface area contributed by atoms with Crippen molar-refractivity contribution in [3.05, 3.63) is 59.2 Å². The predicted octanol–water partition coefficient (Wildman–Crippen LogP) is 3.50. The Balaban J connectivity index is 1.91. The number of halogens is 3. The third kappa shape index (κ3) is 6.02. The van der Waals surface area contributed by atoms with Crippen LogP contribution in [0.1, 0.15) is 16.7 Å². The van der Waals surface area contributed by atoms with Gasteiger partial charge in [-0.25, -0.2) is 0 Å². The Morgan fingerprint density at radius 1 is 1.04 bits per heavy atom. The number of benzene rings is 2. The number of anilines is 1. The zero-order chi connectivity index (χ0) is 20.0. The molecule has 2 N–H and O–H groups in total. The molecule has 0 bridgehead atoms. The van der Waals surface area contributed by atoms with Crippen molar-refractivity contribution in [2.75, 3.05) is 11.9 Å². The molecule has 0 fully saturated rings. The number of para-hydroxylation sites is 1. The molecule has 2 aromatic carbocycles. The lowest BCUT2D eigenvalue weighted by Gasteiger charge is -2.13. The molecule has 0 saturated heterocycles. The lowest BCUT2D eigenvalue weighted by molar-refractivity contribution is -0.167. The number of carbonyl (C=O) groups excluding carboxylic acids is 2. The Morgan fingerprint density at radius 3 is 2.41 bits per heavy atom. The first kappa shape index (κ1) is 20.3. The molecular weight excluding hydrogens is 361 g/mol. The maximum absolute atomic E-state index is 12.4. The summed E-state index contributed by atoms with van der Waals surface area (Å²) >= 11 is 0. The fourth-order valence-corrected chi connectivity index (χ4v) is 2.19. The maximum atomic E-state index is 12.4. The van der Waals surface area contributed by atoms with Gasteiger partial charge in [0.05, 0.1) is 0 Å². The molecule has 144 valence electrons. The Bertz CT molecular complexity index is 835. The van der Waals surface area contributed by atoms with E-state index in [9.17, 15) is 22.8 Å². The minimum atomic E-state index is -4.99. The van der Waals surface area contributed by atoms with Crippen LogP contribution in [-0.2, 0) is 16.1 Å². The normalized spacial score (nSPS) is 11.0. The second kappa shape index (κ2) is 8.57. The van der Waals surface area contributed by atoms with E-state index >= 15 is 0 Å². The molecule has 0 radical (unpaired) electrons. The first-order chi connectivity index (χ1) is 12.7. The molecule has 0 aromatic heterocycles. The van der Waals surface area contributed by atoms with Gasteiger partial charge >= 0.3 is 12.1 Å². The number of rotatable bonds is 6. The number of aryl methyl sites for hydroxylation is 2. The number of hydrogen-bond donors (Lipinski definition) is 2. The van der Waals surface area contributed by atoms with Crippen LogP contribution in [0, 0.1) is 13.8 Å². The van der Waals surface area contributed by atoms with Crippen LogP contribution < -0.4 is 15.4 Å². The highest BCUT2D eigenvalue weighted by Crippen LogP contribution is 2.21. The van der Waals surface area contributed by atoms with Gasteiger partial charge in [-0.05, 0) is 48.7 Å². The van der Waals surface area contributed by atoms with Gasteiger partial charge in [0.25, 0.3) is 5.91 Å². The number of ether oxygens (including phenoxy) is 1. The van der Waals surface area contributed by atoms with Gasteiger partial charge in [-0.1, -0.05) is 24.3 Å². The number of carbonyl (C=O) groups is 2. The quantitative estimate of drug-likeness (QED) is 0.806. The Morgan fingerprint density at radius 2 is 1.74 bits per heavy atom. The molecule has 0 aliphatic heterocycles. The van der Waals surface area contributed by atoms with Gasteiger partial charge in [-0.15, -0.1) is 0 Å². The first-order valence-corrected chi connectivity index (χ1v) is 8.09. The summed E-state index contributed by atoms with van der Waals surface area (Å²) in [7, 11) is 0. The molecule has 5 nitrogen and oxygen atoms in total. The molecule has 2 rings (SSSR count). The van der Waals surface area contributed by atoms with Crippen LogP contribution >= 0.6 is 0 Å². The van der Waals surface area contributed by atoms with E-state index in [0.29, 0.717) is 11.3 Å². The molecule has 8 heteroatoms. The molecule has 0 aliphatic carbocycles. The Hall–Kier alpha value is -3.03. The lowest BCUT2D eigenvalue weighted by atomic mass is 10.1. The first-order valence-electron chi connectivity index (χ1n) is 8.09. The van der Waals surface area contributed by atoms with Crippen molar-refractivity contribution in [3.8, 4) is 5.75 Å². The molecule has 0 atom stereocenters. The molecule has 2 amide bonds. The Kier molecular flexibility index (Phi) is 6.44. The summed E-state index contributed by atoms with van der Waals surface area (Å²) in [5, 5.41) is 4.35. The fourth-order valence-electron chi connectivity index (χ4n) is 2.19. The third-order valence-electron chi connectivity index (χ3n) is 3.85. The van der Waals surface area contributed by atoms with Gasteiger partial charge in [0, 0.05) is 12.2 Å². The highest BCUT2D eigenvalue weighted by atomic mass is 19.4. The summed E-state index contributed by atoms with van der Waals surface area (Å²) < 4.78 is 42.6. The second-order valence-corrected chi connectivity index (χ2v) is 5.92. The van der Waals surface area contributed by atoms with Gasteiger partial charge in [0.1, 0.15) is 5.75 Å². The molecule has 0 saturated carbocycles. The zero-order valence-electron chi connectivity index (χ0n) is 14.8. The molecule has 0 spiro atoms. The van der Waals surface area contributed by atoms with E-state index in [0.717, 1.165) is 11.1 Å². The van der Waals surface area contributed by atoms with Crippen molar-refractivity contribution in [2.45, 2.75) is 26.6 Å². The summed E-state index contributed by atoms with van der Waals surface area (Å²) in [5.41, 5.74) is 2.45. The van der Waals surface area contributed by atoms with Gasteiger partial charge in [0.15, 0.2) is 6.61 Å². The summed E-state index contributed by atoms with van der Waals surface area (Å²) in [6.07, 6.45) is -4.99. The van der Waals surface area contributed by atoms with Crippen molar-refractivity contribution in [2.24, 2.45) is 0 Å². The molecule has 0 heterocycles. The van der Waals surface area contributed by atoms with Crippen LogP contribution in [0.2, 0.25) is 0 Å². The smallest absolute Gasteiger partial charge is 0.471 e. The lowest BCUT2D eigenvalue weighted by Crippen LogP contribution is -2.31. The molecule has 0 aliphatic rings. The SMILES string of the molecule is Cc1ccc(OCC(=O)NCc2ccccc2NC(=O)C(F)(F)F)cc1C. The topological polar surface area (TPSA) is 67.4 Å². The van der Waals surface area contributed by atoms with Crippen molar-refractivity contribution < 1.29 is 27.5 Å².